The Morgan fingerprint density at radius 2 is 1.84 bits per heavy atom. The average Bonchev–Trinajstić information content (AvgIpc) is 3.15. The summed E-state index contributed by atoms with van der Waals surface area (Å²) in [5, 5.41) is -0.182. The topological polar surface area (TPSA) is 106 Å². The second-order valence-electron chi connectivity index (χ2n) is 8.57. The zero-order valence-electron chi connectivity index (χ0n) is 20.1. The molecule has 0 N–H and O–H groups in total. The van der Waals surface area contributed by atoms with E-state index in [2.05, 4.69) is 9.97 Å². The summed E-state index contributed by atoms with van der Waals surface area (Å²) in [5.41, 5.74) is -1.35. The van der Waals surface area contributed by atoms with Gasteiger partial charge in [-0.05, 0) is 37.8 Å². The van der Waals surface area contributed by atoms with Crippen molar-refractivity contribution in [2.45, 2.75) is 45.2 Å². The van der Waals surface area contributed by atoms with E-state index in [-0.39, 0.29) is 36.6 Å². The molecule has 1 aliphatic rings. The molecule has 12 heteroatoms. The second kappa shape index (κ2) is 11.0. The minimum absolute atomic E-state index is 0.0658. The zero-order valence-corrected chi connectivity index (χ0v) is 20.1. The van der Waals surface area contributed by atoms with E-state index in [1.54, 1.807) is 0 Å². The molecule has 0 aliphatic carbocycles. The van der Waals surface area contributed by atoms with Gasteiger partial charge in [-0.1, -0.05) is 13.3 Å². The molecule has 37 heavy (non-hydrogen) atoms. The molecule has 0 unspecified atom stereocenters. The summed E-state index contributed by atoms with van der Waals surface area (Å²) in [6, 6.07) is 2.76. The fourth-order valence-electron chi connectivity index (χ4n) is 4.24. The van der Waals surface area contributed by atoms with E-state index in [4.69, 9.17) is 9.15 Å². The standard InChI is InChI=1S/C25H25F3N4O5/c1-2-6-18-20(8-7-17-19(25(26,27)28)11-22(34)37-23(17)18)36-10-5-3-4-9-31-21(33)14-32(24(31)35)16-12-29-15-30-13-16/h7-8,11-13,15H,2-6,9-10,14H2,1H3. The molecule has 1 fully saturated rings. The number of hydrogen-bond acceptors (Lipinski definition) is 7. The number of carbonyl (C=O) groups excluding carboxylic acids is 2. The summed E-state index contributed by atoms with van der Waals surface area (Å²) >= 11 is 0. The molecule has 9 nitrogen and oxygen atoms in total. The molecule has 1 aromatic carbocycles. The summed E-state index contributed by atoms with van der Waals surface area (Å²) in [5.74, 6) is 0.0626. The number of aromatic nitrogens is 2. The SMILES string of the molecule is CCCc1c(OCCCCCN2C(=O)CN(c3cncnc3)C2=O)ccc2c(C(F)(F)F)cc(=O)oc12. The van der Waals surface area contributed by atoms with Crippen molar-refractivity contribution in [1.29, 1.82) is 0 Å². The van der Waals surface area contributed by atoms with Gasteiger partial charge in [0.1, 0.15) is 24.2 Å². The van der Waals surface area contributed by atoms with Crippen LogP contribution in [0.1, 0.15) is 43.7 Å². The Balaban J connectivity index is 1.35. The summed E-state index contributed by atoms with van der Waals surface area (Å²) < 4.78 is 51.3. The fourth-order valence-corrected chi connectivity index (χ4v) is 4.24. The van der Waals surface area contributed by atoms with Crippen molar-refractivity contribution >= 4 is 28.6 Å². The van der Waals surface area contributed by atoms with E-state index in [1.165, 1.54) is 40.7 Å². The van der Waals surface area contributed by atoms with Gasteiger partial charge in [0.05, 0.1) is 30.3 Å². The van der Waals surface area contributed by atoms with Gasteiger partial charge in [-0.15, -0.1) is 0 Å². The van der Waals surface area contributed by atoms with Crippen molar-refractivity contribution in [3.8, 4) is 5.75 Å². The summed E-state index contributed by atoms with van der Waals surface area (Å²) in [6.07, 6.45) is 2.36. The van der Waals surface area contributed by atoms with E-state index in [9.17, 15) is 27.6 Å². The molecule has 3 aromatic rings. The van der Waals surface area contributed by atoms with Crippen molar-refractivity contribution in [3.05, 3.63) is 58.5 Å². The number of carbonyl (C=O) groups is 2. The first-order chi connectivity index (χ1) is 17.7. The average molecular weight is 518 g/mol. The lowest BCUT2D eigenvalue weighted by atomic mass is 10.0. The van der Waals surface area contributed by atoms with Gasteiger partial charge in [0.2, 0.25) is 0 Å². The van der Waals surface area contributed by atoms with Crippen LogP contribution in [-0.4, -0.2) is 46.5 Å². The van der Waals surface area contributed by atoms with E-state index in [0.29, 0.717) is 55.2 Å². The molecule has 3 amide bonds. The predicted octanol–water partition coefficient (Wildman–Crippen LogP) is 4.57. The third kappa shape index (κ3) is 5.73. The van der Waals surface area contributed by atoms with Crippen LogP contribution in [0.2, 0.25) is 0 Å². The number of ether oxygens (including phenoxy) is 1. The van der Waals surface area contributed by atoms with Gasteiger partial charge in [-0.25, -0.2) is 19.6 Å². The number of urea groups is 1. The van der Waals surface area contributed by atoms with Crippen LogP contribution in [0.3, 0.4) is 0 Å². The first-order valence-electron chi connectivity index (χ1n) is 11.9. The summed E-state index contributed by atoms with van der Waals surface area (Å²) in [4.78, 5) is 47.0. The van der Waals surface area contributed by atoms with Crippen molar-refractivity contribution in [1.82, 2.24) is 14.9 Å². The Labute approximate surface area is 209 Å². The molecule has 0 spiro atoms. The monoisotopic (exact) mass is 518 g/mol. The van der Waals surface area contributed by atoms with Gasteiger partial charge >= 0.3 is 17.8 Å². The lowest BCUT2D eigenvalue weighted by Crippen LogP contribution is -2.33. The highest BCUT2D eigenvalue weighted by Crippen LogP contribution is 2.37. The zero-order chi connectivity index (χ0) is 26.6. The van der Waals surface area contributed by atoms with Crippen molar-refractivity contribution in [2.24, 2.45) is 0 Å². The molecule has 0 radical (unpaired) electrons. The Morgan fingerprint density at radius 3 is 2.54 bits per heavy atom. The number of nitrogens with zero attached hydrogens (tertiary/aromatic N) is 4. The van der Waals surface area contributed by atoms with E-state index < -0.39 is 23.4 Å². The number of anilines is 1. The number of imide groups is 1. The Bertz CT molecular complexity index is 1340. The summed E-state index contributed by atoms with van der Waals surface area (Å²) in [7, 11) is 0. The number of amides is 3. The van der Waals surface area contributed by atoms with Crippen LogP contribution in [0.5, 0.6) is 5.75 Å². The van der Waals surface area contributed by atoms with Gasteiger partial charge in [-0.3, -0.25) is 14.6 Å². The van der Waals surface area contributed by atoms with Crippen LogP contribution in [-0.2, 0) is 17.4 Å². The molecule has 4 rings (SSSR count). The van der Waals surface area contributed by atoms with Crippen molar-refractivity contribution in [3.63, 3.8) is 0 Å². The van der Waals surface area contributed by atoms with Gasteiger partial charge in [0.25, 0.3) is 5.91 Å². The number of halogens is 3. The molecule has 0 atom stereocenters. The second-order valence-corrected chi connectivity index (χ2v) is 8.57. The quantitative estimate of drug-likeness (QED) is 0.220. The van der Waals surface area contributed by atoms with E-state index in [1.807, 2.05) is 6.92 Å². The fraction of sp³-hybridized carbons (Fsp3) is 0.400. The summed E-state index contributed by atoms with van der Waals surface area (Å²) in [6.45, 7) is 2.32. The number of rotatable bonds is 10. The first-order valence-corrected chi connectivity index (χ1v) is 11.9. The molecule has 3 heterocycles. The van der Waals surface area contributed by atoms with Crippen LogP contribution in [0.25, 0.3) is 11.0 Å². The molecular weight excluding hydrogens is 493 g/mol. The molecule has 0 bridgehead atoms. The van der Waals surface area contributed by atoms with Crippen LogP contribution in [0, 0.1) is 0 Å². The van der Waals surface area contributed by atoms with Crippen LogP contribution < -0.4 is 15.3 Å². The third-order valence-corrected chi connectivity index (χ3v) is 5.98. The maximum absolute atomic E-state index is 13.4. The van der Waals surface area contributed by atoms with Gasteiger partial charge in [-0.2, -0.15) is 13.2 Å². The first kappa shape index (κ1) is 26.1. The van der Waals surface area contributed by atoms with Gasteiger partial charge in [0.15, 0.2) is 0 Å². The molecule has 196 valence electrons. The highest BCUT2D eigenvalue weighted by molar-refractivity contribution is 6.12. The minimum Gasteiger partial charge on any atom is -0.493 e. The highest BCUT2D eigenvalue weighted by atomic mass is 19.4. The predicted molar refractivity (Wildman–Crippen MR) is 127 cm³/mol. The number of unbranched alkanes of at least 4 members (excludes halogenated alkanes) is 2. The van der Waals surface area contributed by atoms with Crippen LogP contribution in [0.4, 0.5) is 23.7 Å². The smallest absolute Gasteiger partial charge is 0.417 e. The van der Waals surface area contributed by atoms with Crippen molar-refractivity contribution in [2.75, 3.05) is 24.6 Å². The maximum Gasteiger partial charge on any atom is 0.417 e. The number of aryl methyl sites for hydroxylation is 1. The molecular formula is C25H25F3N4O5. The normalized spacial score (nSPS) is 14.2. The number of benzene rings is 1. The number of hydrogen-bond donors (Lipinski definition) is 0. The van der Waals surface area contributed by atoms with Gasteiger partial charge < -0.3 is 9.15 Å². The third-order valence-electron chi connectivity index (χ3n) is 5.98. The molecule has 2 aromatic heterocycles. The Kier molecular flexibility index (Phi) is 7.74. The lowest BCUT2D eigenvalue weighted by Gasteiger charge is -2.17. The van der Waals surface area contributed by atoms with E-state index >= 15 is 0 Å². The Morgan fingerprint density at radius 1 is 1.08 bits per heavy atom. The van der Waals surface area contributed by atoms with Crippen LogP contribution >= 0.6 is 0 Å². The lowest BCUT2D eigenvalue weighted by molar-refractivity contribution is -0.136. The van der Waals surface area contributed by atoms with Gasteiger partial charge in [0, 0.05) is 23.6 Å². The maximum atomic E-state index is 13.4. The largest absolute Gasteiger partial charge is 0.493 e. The highest BCUT2D eigenvalue weighted by Gasteiger charge is 2.37. The number of fused-ring (bicyclic) bond motifs is 1. The van der Waals surface area contributed by atoms with E-state index in [0.717, 1.165) is 0 Å². The molecule has 1 aliphatic heterocycles. The molecule has 0 saturated carbocycles. The number of alkyl halides is 3. The minimum atomic E-state index is -4.69. The molecule has 1 saturated heterocycles. The Hall–Kier alpha value is -3.96. The van der Waals surface area contributed by atoms with Crippen molar-refractivity contribution < 1.29 is 31.9 Å². The van der Waals surface area contributed by atoms with Crippen LogP contribution in [0.15, 0.2) is 46.1 Å².